The summed E-state index contributed by atoms with van der Waals surface area (Å²) >= 11 is 11.0. The van der Waals surface area contributed by atoms with Crippen LogP contribution in [0.2, 0.25) is 5.02 Å². The van der Waals surface area contributed by atoms with Crippen LogP contribution in [0.25, 0.3) is 6.08 Å². The summed E-state index contributed by atoms with van der Waals surface area (Å²) in [6.07, 6.45) is 1.49. The monoisotopic (exact) mass is 372 g/mol. The molecule has 3 rings (SSSR count). The molecular weight excluding hydrogens is 360 g/mol. The molecule has 25 heavy (non-hydrogen) atoms. The standard InChI is InChI=1S/C18H13ClN2O3S/c1-24-15-5-3-2-4-11(15)10-14-16(22)20-18(25)21(17(14)23)13-8-6-12(19)7-9-13/h2-10H,1H3,(H,20,22,25). The molecule has 0 unspecified atom stereocenters. The second-order valence-electron chi connectivity index (χ2n) is 5.18. The summed E-state index contributed by atoms with van der Waals surface area (Å²) in [5.41, 5.74) is 1.10. The van der Waals surface area contributed by atoms with Crippen molar-refractivity contribution in [3.05, 3.63) is 64.7 Å². The Morgan fingerprint density at radius 1 is 1.12 bits per heavy atom. The number of para-hydroxylation sites is 1. The minimum absolute atomic E-state index is 0.0227. The van der Waals surface area contributed by atoms with Gasteiger partial charge < -0.3 is 4.74 Å². The number of nitrogens with zero attached hydrogens (tertiary/aromatic N) is 1. The zero-order chi connectivity index (χ0) is 18.0. The maximum absolute atomic E-state index is 12.9. The van der Waals surface area contributed by atoms with Crippen LogP contribution in [0.5, 0.6) is 5.75 Å². The Hall–Kier alpha value is -2.70. The Bertz CT molecular complexity index is 893. The molecule has 1 heterocycles. The van der Waals surface area contributed by atoms with Gasteiger partial charge in [-0.15, -0.1) is 0 Å². The highest BCUT2D eigenvalue weighted by atomic mass is 35.5. The number of hydrogen-bond donors (Lipinski definition) is 1. The largest absolute Gasteiger partial charge is 0.496 e. The molecule has 126 valence electrons. The van der Waals surface area contributed by atoms with Gasteiger partial charge in [0.15, 0.2) is 5.11 Å². The smallest absolute Gasteiger partial charge is 0.270 e. The Morgan fingerprint density at radius 3 is 2.48 bits per heavy atom. The number of carbonyl (C=O) groups is 2. The molecule has 1 N–H and O–H groups in total. The highest BCUT2D eigenvalue weighted by Crippen LogP contribution is 2.26. The lowest BCUT2D eigenvalue weighted by Gasteiger charge is -2.29. The van der Waals surface area contributed by atoms with Gasteiger partial charge in [0, 0.05) is 10.6 Å². The van der Waals surface area contributed by atoms with Crippen molar-refractivity contribution in [3.63, 3.8) is 0 Å². The quantitative estimate of drug-likeness (QED) is 0.510. The van der Waals surface area contributed by atoms with Gasteiger partial charge in [-0.25, -0.2) is 0 Å². The zero-order valence-corrected chi connectivity index (χ0v) is 14.7. The van der Waals surface area contributed by atoms with Gasteiger partial charge in [-0.2, -0.15) is 0 Å². The third-order valence-corrected chi connectivity index (χ3v) is 4.16. The number of amides is 2. The van der Waals surface area contributed by atoms with E-state index in [4.69, 9.17) is 28.6 Å². The Morgan fingerprint density at radius 2 is 1.80 bits per heavy atom. The van der Waals surface area contributed by atoms with E-state index in [1.54, 1.807) is 48.5 Å². The van der Waals surface area contributed by atoms with E-state index in [2.05, 4.69) is 5.32 Å². The van der Waals surface area contributed by atoms with Gasteiger partial charge in [-0.3, -0.25) is 19.8 Å². The fourth-order valence-electron chi connectivity index (χ4n) is 2.42. The number of rotatable bonds is 3. The first-order valence-electron chi connectivity index (χ1n) is 7.31. The average Bonchev–Trinajstić information content (AvgIpc) is 2.60. The number of ether oxygens (including phenoxy) is 1. The molecular formula is C18H13ClN2O3S. The number of carbonyl (C=O) groups excluding carboxylic acids is 2. The molecule has 0 aromatic heterocycles. The number of nitrogens with one attached hydrogen (secondary N) is 1. The van der Waals surface area contributed by atoms with E-state index in [0.717, 1.165) is 0 Å². The molecule has 0 radical (unpaired) electrons. The van der Waals surface area contributed by atoms with Gasteiger partial charge in [0.05, 0.1) is 12.8 Å². The lowest BCUT2D eigenvalue weighted by molar-refractivity contribution is -0.122. The van der Waals surface area contributed by atoms with Gasteiger partial charge in [0.1, 0.15) is 11.3 Å². The number of anilines is 1. The Labute approximate surface area is 154 Å². The minimum Gasteiger partial charge on any atom is -0.496 e. The molecule has 2 aromatic rings. The minimum atomic E-state index is -0.550. The summed E-state index contributed by atoms with van der Waals surface area (Å²) in [7, 11) is 1.52. The molecule has 0 atom stereocenters. The van der Waals surface area contributed by atoms with Crippen LogP contribution in [0.4, 0.5) is 5.69 Å². The van der Waals surface area contributed by atoms with E-state index >= 15 is 0 Å². The molecule has 5 nitrogen and oxygen atoms in total. The first-order chi connectivity index (χ1) is 12.0. The predicted molar refractivity (Wildman–Crippen MR) is 101 cm³/mol. The van der Waals surface area contributed by atoms with Gasteiger partial charge in [-0.1, -0.05) is 29.8 Å². The average molecular weight is 373 g/mol. The summed E-state index contributed by atoms with van der Waals surface area (Å²) < 4.78 is 5.26. The SMILES string of the molecule is COc1ccccc1C=C1C(=O)NC(=S)N(c2ccc(Cl)cc2)C1=O. The molecule has 2 aromatic carbocycles. The van der Waals surface area contributed by atoms with Crippen molar-refractivity contribution in [2.24, 2.45) is 0 Å². The molecule has 1 aliphatic rings. The van der Waals surface area contributed by atoms with Crippen LogP contribution < -0.4 is 15.0 Å². The highest BCUT2D eigenvalue weighted by molar-refractivity contribution is 7.80. The molecule has 2 amide bonds. The molecule has 0 bridgehead atoms. The number of hydrogen-bond acceptors (Lipinski definition) is 4. The van der Waals surface area contributed by atoms with Crippen molar-refractivity contribution in [1.29, 1.82) is 0 Å². The van der Waals surface area contributed by atoms with Crippen molar-refractivity contribution in [2.45, 2.75) is 0 Å². The normalized spacial score (nSPS) is 16.2. The predicted octanol–water partition coefficient (Wildman–Crippen LogP) is 3.18. The van der Waals surface area contributed by atoms with Gasteiger partial charge >= 0.3 is 0 Å². The van der Waals surface area contributed by atoms with Crippen molar-refractivity contribution < 1.29 is 14.3 Å². The summed E-state index contributed by atoms with van der Waals surface area (Å²) in [5, 5.41) is 3.09. The third-order valence-electron chi connectivity index (χ3n) is 3.63. The van der Waals surface area contributed by atoms with Crippen LogP contribution in [0.3, 0.4) is 0 Å². The summed E-state index contributed by atoms with van der Waals surface area (Å²) in [4.78, 5) is 26.4. The van der Waals surface area contributed by atoms with Gasteiger partial charge in [0.25, 0.3) is 11.8 Å². The van der Waals surface area contributed by atoms with Crippen molar-refractivity contribution in [3.8, 4) is 5.75 Å². The molecule has 1 saturated heterocycles. The number of thiocarbonyl (C=S) groups is 1. The molecule has 0 saturated carbocycles. The van der Waals surface area contributed by atoms with Crippen LogP contribution in [-0.2, 0) is 9.59 Å². The van der Waals surface area contributed by atoms with Crippen LogP contribution in [0.15, 0.2) is 54.1 Å². The molecule has 1 aliphatic heterocycles. The summed E-state index contributed by atoms with van der Waals surface area (Å²) in [6.45, 7) is 0. The van der Waals surface area contributed by atoms with Crippen molar-refractivity contribution in [2.75, 3.05) is 12.0 Å². The third kappa shape index (κ3) is 3.40. The second-order valence-corrected chi connectivity index (χ2v) is 6.00. The fraction of sp³-hybridized carbons (Fsp3) is 0.0556. The van der Waals surface area contributed by atoms with Crippen LogP contribution in [0.1, 0.15) is 5.56 Å². The van der Waals surface area contributed by atoms with Crippen LogP contribution in [-0.4, -0.2) is 24.0 Å². The zero-order valence-electron chi connectivity index (χ0n) is 13.2. The van der Waals surface area contributed by atoms with Crippen LogP contribution >= 0.6 is 23.8 Å². The Kier molecular flexibility index (Phi) is 4.83. The van der Waals surface area contributed by atoms with E-state index in [-0.39, 0.29) is 10.7 Å². The summed E-state index contributed by atoms with van der Waals surface area (Å²) in [6, 6.07) is 13.7. The lowest BCUT2D eigenvalue weighted by Crippen LogP contribution is -2.54. The maximum atomic E-state index is 12.9. The highest BCUT2D eigenvalue weighted by Gasteiger charge is 2.34. The van der Waals surface area contributed by atoms with Gasteiger partial charge in [-0.05, 0) is 48.6 Å². The topological polar surface area (TPSA) is 58.6 Å². The van der Waals surface area contributed by atoms with E-state index in [1.807, 2.05) is 0 Å². The maximum Gasteiger partial charge on any atom is 0.270 e. The van der Waals surface area contributed by atoms with Crippen molar-refractivity contribution in [1.82, 2.24) is 5.32 Å². The summed E-state index contributed by atoms with van der Waals surface area (Å²) in [5.74, 6) is -0.505. The molecule has 1 fully saturated rings. The first kappa shape index (κ1) is 17.1. The van der Waals surface area contributed by atoms with Gasteiger partial charge in [0.2, 0.25) is 0 Å². The Balaban J connectivity index is 2.03. The van der Waals surface area contributed by atoms with E-state index < -0.39 is 11.8 Å². The molecule has 7 heteroatoms. The van der Waals surface area contributed by atoms with E-state index in [1.165, 1.54) is 18.1 Å². The van der Waals surface area contributed by atoms with Crippen LogP contribution in [0, 0.1) is 0 Å². The van der Waals surface area contributed by atoms with Crippen molar-refractivity contribution >= 4 is 52.5 Å². The number of methoxy groups -OCH3 is 1. The second kappa shape index (κ2) is 7.04. The molecule has 0 spiro atoms. The van der Waals surface area contributed by atoms with E-state index in [0.29, 0.717) is 22.0 Å². The first-order valence-corrected chi connectivity index (χ1v) is 8.10. The fourth-order valence-corrected chi connectivity index (χ4v) is 2.83. The molecule has 0 aliphatic carbocycles. The van der Waals surface area contributed by atoms with E-state index in [9.17, 15) is 9.59 Å². The number of halogens is 1. The number of benzene rings is 2. The lowest BCUT2D eigenvalue weighted by atomic mass is 10.1.